The normalized spacial score (nSPS) is 22.2. The SMILES string of the molecule is CCOC(=O)C1=C(CC)S(=O)(=O)CCS1(=O)=O. The fourth-order valence-corrected chi connectivity index (χ4v) is 6.15. The first kappa shape index (κ1) is 14.2. The van der Waals surface area contributed by atoms with Gasteiger partial charge in [-0.3, -0.25) is 0 Å². The first-order valence-corrected chi connectivity index (χ1v) is 8.42. The van der Waals surface area contributed by atoms with Crippen molar-refractivity contribution in [2.45, 2.75) is 20.3 Å². The Bertz CT molecular complexity index is 552. The molecular weight excluding hydrogens is 268 g/mol. The van der Waals surface area contributed by atoms with E-state index in [2.05, 4.69) is 4.74 Å². The third-order valence-electron chi connectivity index (χ3n) is 2.34. The molecule has 6 nitrogen and oxygen atoms in total. The van der Waals surface area contributed by atoms with Crippen molar-refractivity contribution in [1.82, 2.24) is 0 Å². The van der Waals surface area contributed by atoms with Crippen LogP contribution in [0, 0.1) is 0 Å². The van der Waals surface area contributed by atoms with Crippen LogP contribution in [0.4, 0.5) is 0 Å². The van der Waals surface area contributed by atoms with Crippen molar-refractivity contribution in [3.8, 4) is 0 Å². The van der Waals surface area contributed by atoms with Gasteiger partial charge in [-0.2, -0.15) is 0 Å². The number of esters is 1. The molecule has 17 heavy (non-hydrogen) atoms. The fraction of sp³-hybridized carbons (Fsp3) is 0.667. The molecule has 0 fully saturated rings. The van der Waals surface area contributed by atoms with Crippen molar-refractivity contribution in [3.63, 3.8) is 0 Å². The second-order valence-electron chi connectivity index (χ2n) is 3.46. The number of allylic oxidation sites excluding steroid dienone is 1. The van der Waals surface area contributed by atoms with Crippen LogP contribution in [-0.4, -0.2) is 40.9 Å². The van der Waals surface area contributed by atoms with Crippen molar-refractivity contribution in [2.24, 2.45) is 0 Å². The first-order valence-electron chi connectivity index (χ1n) is 5.12. The molecule has 0 aromatic heterocycles. The molecule has 0 amide bonds. The standard InChI is InChI=1S/C9H14O6S2/c1-3-7-8(9(10)15-4-2)17(13,14)6-5-16(7,11)12/h3-6H2,1-2H3. The maximum Gasteiger partial charge on any atom is 0.350 e. The Kier molecular flexibility index (Phi) is 3.98. The van der Waals surface area contributed by atoms with Crippen LogP contribution in [0.15, 0.2) is 9.81 Å². The maximum absolute atomic E-state index is 11.7. The molecule has 0 saturated carbocycles. The molecule has 0 N–H and O–H groups in total. The largest absolute Gasteiger partial charge is 0.462 e. The van der Waals surface area contributed by atoms with Crippen molar-refractivity contribution in [3.05, 3.63) is 9.81 Å². The average Bonchev–Trinajstić information content (AvgIpc) is 2.21. The highest BCUT2D eigenvalue weighted by molar-refractivity contribution is 8.02. The van der Waals surface area contributed by atoms with E-state index in [0.717, 1.165) is 0 Å². The van der Waals surface area contributed by atoms with Gasteiger partial charge in [0.2, 0.25) is 0 Å². The van der Waals surface area contributed by atoms with Gasteiger partial charge >= 0.3 is 5.97 Å². The second-order valence-corrected chi connectivity index (χ2v) is 7.64. The summed E-state index contributed by atoms with van der Waals surface area (Å²) >= 11 is 0. The zero-order valence-corrected chi connectivity index (χ0v) is 11.2. The van der Waals surface area contributed by atoms with Gasteiger partial charge < -0.3 is 4.74 Å². The van der Waals surface area contributed by atoms with E-state index < -0.39 is 42.1 Å². The van der Waals surface area contributed by atoms with Crippen LogP contribution in [0.5, 0.6) is 0 Å². The van der Waals surface area contributed by atoms with E-state index in [0.29, 0.717) is 0 Å². The van der Waals surface area contributed by atoms with Crippen LogP contribution in [0.1, 0.15) is 20.3 Å². The number of rotatable bonds is 3. The lowest BCUT2D eigenvalue weighted by Gasteiger charge is -2.18. The van der Waals surface area contributed by atoms with Crippen LogP contribution in [0.3, 0.4) is 0 Å². The Balaban J connectivity index is 3.51. The summed E-state index contributed by atoms with van der Waals surface area (Å²) in [6.07, 6.45) is -0.0320. The Labute approximate surface area is 100 Å². The summed E-state index contributed by atoms with van der Waals surface area (Å²) in [7, 11) is -7.51. The fourth-order valence-electron chi connectivity index (χ4n) is 1.58. The van der Waals surface area contributed by atoms with Crippen LogP contribution < -0.4 is 0 Å². The number of hydrogen-bond acceptors (Lipinski definition) is 6. The summed E-state index contributed by atoms with van der Waals surface area (Å²) < 4.78 is 51.4. The van der Waals surface area contributed by atoms with Crippen molar-refractivity contribution >= 4 is 25.6 Å². The van der Waals surface area contributed by atoms with E-state index in [1.54, 1.807) is 0 Å². The minimum Gasteiger partial charge on any atom is -0.462 e. The quantitative estimate of drug-likeness (QED) is 0.677. The monoisotopic (exact) mass is 282 g/mol. The van der Waals surface area contributed by atoms with E-state index >= 15 is 0 Å². The molecule has 8 heteroatoms. The lowest BCUT2D eigenvalue weighted by Crippen LogP contribution is -2.32. The molecule has 1 aliphatic heterocycles. The Hall–Kier alpha value is -0.890. The molecule has 0 atom stereocenters. The Morgan fingerprint density at radius 3 is 2.12 bits per heavy atom. The second kappa shape index (κ2) is 4.77. The lowest BCUT2D eigenvalue weighted by molar-refractivity contribution is -0.137. The highest BCUT2D eigenvalue weighted by Crippen LogP contribution is 2.28. The Morgan fingerprint density at radius 2 is 1.65 bits per heavy atom. The van der Waals surface area contributed by atoms with Gasteiger partial charge in [-0.25, -0.2) is 21.6 Å². The van der Waals surface area contributed by atoms with Gasteiger partial charge in [-0.05, 0) is 13.3 Å². The van der Waals surface area contributed by atoms with E-state index in [-0.39, 0.29) is 17.9 Å². The molecule has 1 heterocycles. The van der Waals surface area contributed by atoms with Gasteiger partial charge in [0.1, 0.15) is 0 Å². The van der Waals surface area contributed by atoms with Crippen LogP contribution >= 0.6 is 0 Å². The minimum atomic E-state index is -3.85. The first-order chi connectivity index (χ1) is 7.76. The molecule has 0 unspecified atom stereocenters. The molecular formula is C9H14O6S2. The highest BCUT2D eigenvalue weighted by atomic mass is 32.2. The van der Waals surface area contributed by atoms with Crippen LogP contribution in [0.2, 0.25) is 0 Å². The zero-order chi connectivity index (χ0) is 13.3. The summed E-state index contributed by atoms with van der Waals surface area (Å²) in [4.78, 5) is 10.5. The maximum atomic E-state index is 11.7. The average molecular weight is 282 g/mol. The molecule has 0 radical (unpaired) electrons. The topological polar surface area (TPSA) is 94.6 Å². The Morgan fingerprint density at radius 1 is 1.12 bits per heavy atom. The van der Waals surface area contributed by atoms with Gasteiger partial charge in [0.05, 0.1) is 23.0 Å². The van der Waals surface area contributed by atoms with Gasteiger partial charge in [0.15, 0.2) is 24.6 Å². The zero-order valence-electron chi connectivity index (χ0n) is 9.59. The number of sulfone groups is 2. The number of carbonyl (C=O) groups excluding carboxylic acids is 1. The van der Waals surface area contributed by atoms with E-state index in [1.165, 1.54) is 13.8 Å². The van der Waals surface area contributed by atoms with E-state index in [1.807, 2.05) is 0 Å². The van der Waals surface area contributed by atoms with Gasteiger partial charge in [0.25, 0.3) is 0 Å². The van der Waals surface area contributed by atoms with E-state index in [4.69, 9.17) is 0 Å². The van der Waals surface area contributed by atoms with Crippen LogP contribution in [-0.2, 0) is 29.2 Å². The molecule has 0 aromatic carbocycles. The highest BCUT2D eigenvalue weighted by Gasteiger charge is 2.39. The molecule has 0 aromatic rings. The summed E-state index contributed by atoms with van der Waals surface area (Å²) in [6, 6.07) is 0. The lowest BCUT2D eigenvalue weighted by atomic mass is 10.4. The molecule has 0 spiro atoms. The molecule has 1 aliphatic rings. The van der Waals surface area contributed by atoms with Crippen molar-refractivity contribution < 1.29 is 26.4 Å². The van der Waals surface area contributed by atoms with Crippen molar-refractivity contribution in [2.75, 3.05) is 18.1 Å². The van der Waals surface area contributed by atoms with Gasteiger partial charge in [-0.15, -0.1) is 0 Å². The molecule has 0 bridgehead atoms. The van der Waals surface area contributed by atoms with Crippen LogP contribution in [0.25, 0.3) is 0 Å². The summed E-state index contributed by atoms with van der Waals surface area (Å²) in [6.45, 7) is 3.01. The molecule has 0 aliphatic carbocycles. The van der Waals surface area contributed by atoms with Gasteiger partial charge in [-0.1, -0.05) is 6.92 Å². The number of carbonyl (C=O) groups is 1. The van der Waals surface area contributed by atoms with Crippen molar-refractivity contribution in [1.29, 1.82) is 0 Å². The minimum absolute atomic E-state index is 0.00506. The predicted octanol–water partition coefficient (Wildman–Crippen LogP) is 0.0143. The molecule has 1 rings (SSSR count). The van der Waals surface area contributed by atoms with E-state index in [9.17, 15) is 21.6 Å². The summed E-state index contributed by atoms with van der Waals surface area (Å²) in [5, 5.41) is 0. The summed E-state index contributed by atoms with van der Waals surface area (Å²) in [5.74, 6) is -2.11. The smallest absolute Gasteiger partial charge is 0.350 e. The third-order valence-corrected chi connectivity index (χ3v) is 6.49. The summed E-state index contributed by atoms with van der Waals surface area (Å²) in [5.41, 5.74) is 0. The number of ether oxygens (including phenoxy) is 1. The predicted molar refractivity (Wildman–Crippen MR) is 61.5 cm³/mol. The molecule has 0 saturated heterocycles. The third kappa shape index (κ3) is 2.68. The van der Waals surface area contributed by atoms with Gasteiger partial charge in [0, 0.05) is 0 Å². The number of hydrogen-bond donors (Lipinski definition) is 0. The molecule has 98 valence electrons.